The van der Waals surface area contributed by atoms with Gasteiger partial charge in [-0.05, 0) is 12.1 Å². The minimum atomic E-state index is -0.525. The van der Waals surface area contributed by atoms with Gasteiger partial charge in [-0.2, -0.15) is 0 Å². The predicted molar refractivity (Wildman–Crippen MR) is 45.0 cm³/mol. The summed E-state index contributed by atoms with van der Waals surface area (Å²) in [6.07, 6.45) is 1.36. The van der Waals surface area contributed by atoms with Gasteiger partial charge >= 0.3 is 5.91 Å². The highest BCUT2D eigenvalue weighted by molar-refractivity contribution is 6.27. The van der Waals surface area contributed by atoms with Crippen molar-refractivity contribution < 1.29 is 14.0 Å². The molecule has 0 saturated heterocycles. The van der Waals surface area contributed by atoms with Crippen LogP contribution in [-0.4, -0.2) is 17.7 Å². The van der Waals surface area contributed by atoms with Gasteiger partial charge in [0.2, 0.25) is 0 Å². The van der Waals surface area contributed by atoms with E-state index in [1.54, 1.807) is 6.07 Å². The molecule has 1 aromatic rings. The zero-order valence-electron chi connectivity index (χ0n) is 6.54. The number of hydrazine groups is 1. The molecule has 0 saturated carbocycles. The van der Waals surface area contributed by atoms with E-state index in [0.717, 1.165) is 0 Å². The molecule has 2 N–H and O–H groups in total. The number of carbonyl (C=O) groups is 2. The van der Waals surface area contributed by atoms with Crippen molar-refractivity contribution in [2.45, 2.75) is 0 Å². The van der Waals surface area contributed by atoms with Crippen LogP contribution in [0.25, 0.3) is 0 Å². The number of nitrogens with one attached hydrogen (secondary N) is 2. The van der Waals surface area contributed by atoms with E-state index in [4.69, 9.17) is 16.0 Å². The molecule has 0 aliphatic heterocycles. The molecule has 0 spiro atoms. The van der Waals surface area contributed by atoms with E-state index in [-0.39, 0.29) is 11.6 Å². The second kappa shape index (κ2) is 4.51. The van der Waals surface area contributed by atoms with Gasteiger partial charge in [-0.1, -0.05) is 0 Å². The lowest BCUT2D eigenvalue weighted by molar-refractivity contribution is -0.119. The van der Waals surface area contributed by atoms with Crippen LogP contribution < -0.4 is 10.9 Å². The maximum absolute atomic E-state index is 11.1. The summed E-state index contributed by atoms with van der Waals surface area (Å²) in [5, 5.41) is 0. The highest BCUT2D eigenvalue weighted by Gasteiger charge is 2.08. The Morgan fingerprint density at radius 2 is 2.23 bits per heavy atom. The van der Waals surface area contributed by atoms with Crippen LogP contribution in [0, 0.1) is 0 Å². The van der Waals surface area contributed by atoms with Gasteiger partial charge in [0.05, 0.1) is 6.26 Å². The van der Waals surface area contributed by atoms with Gasteiger partial charge in [-0.25, -0.2) is 0 Å². The minimum Gasteiger partial charge on any atom is -0.459 e. The van der Waals surface area contributed by atoms with Crippen molar-refractivity contribution in [2.24, 2.45) is 0 Å². The molecular weight excluding hydrogens is 196 g/mol. The molecule has 0 fully saturated rings. The molecule has 0 aliphatic rings. The molecule has 0 aromatic carbocycles. The van der Waals surface area contributed by atoms with Crippen LogP contribution in [0.2, 0.25) is 0 Å². The van der Waals surface area contributed by atoms with E-state index >= 15 is 0 Å². The maximum Gasteiger partial charge on any atom is 0.305 e. The first-order valence-electron chi connectivity index (χ1n) is 3.42. The average Bonchev–Trinajstić information content (AvgIpc) is 2.66. The number of rotatable bonds is 2. The molecule has 70 valence electrons. The van der Waals surface area contributed by atoms with E-state index in [1.165, 1.54) is 12.3 Å². The molecule has 0 unspecified atom stereocenters. The van der Waals surface area contributed by atoms with E-state index in [2.05, 4.69) is 10.9 Å². The molecule has 5 nitrogen and oxygen atoms in total. The highest BCUT2D eigenvalue weighted by Crippen LogP contribution is 1.97. The minimum absolute atomic E-state index is 0.120. The molecular formula is C7H7ClN2O3. The first-order chi connectivity index (χ1) is 6.24. The summed E-state index contributed by atoms with van der Waals surface area (Å²) in [7, 11) is 0. The van der Waals surface area contributed by atoms with Crippen LogP contribution in [0.1, 0.15) is 10.6 Å². The fourth-order valence-corrected chi connectivity index (χ4v) is 0.696. The summed E-state index contributed by atoms with van der Waals surface area (Å²) in [5.74, 6) is -1.10. The number of hydrogen-bond donors (Lipinski definition) is 2. The number of carbonyl (C=O) groups excluding carboxylic acids is 2. The monoisotopic (exact) mass is 202 g/mol. The van der Waals surface area contributed by atoms with Crippen molar-refractivity contribution in [1.29, 1.82) is 0 Å². The molecule has 13 heavy (non-hydrogen) atoms. The average molecular weight is 203 g/mol. The first kappa shape index (κ1) is 9.60. The quantitative estimate of drug-likeness (QED) is 0.535. The van der Waals surface area contributed by atoms with E-state index in [0.29, 0.717) is 0 Å². The van der Waals surface area contributed by atoms with E-state index in [1.807, 2.05) is 0 Å². The third-order valence-electron chi connectivity index (χ3n) is 1.18. The van der Waals surface area contributed by atoms with Crippen LogP contribution >= 0.6 is 11.6 Å². The van der Waals surface area contributed by atoms with Gasteiger partial charge in [-0.15, -0.1) is 11.6 Å². The summed E-state index contributed by atoms with van der Waals surface area (Å²) in [4.78, 5) is 21.7. The maximum atomic E-state index is 11.1. The Morgan fingerprint density at radius 3 is 2.77 bits per heavy atom. The molecule has 0 radical (unpaired) electrons. The molecule has 0 aliphatic carbocycles. The summed E-state index contributed by atoms with van der Waals surface area (Å²) in [6, 6.07) is 3.04. The lowest BCUT2D eigenvalue weighted by atomic mass is 10.4. The fraction of sp³-hybridized carbons (Fsp3) is 0.143. The molecule has 2 amide bonds. The first-order valence-corrected chi connectivity index (χ1v) is 3.96. The largest absolute Gasteiger partial charge is 0.459 e. The summed E-state index contributed by atoms with van der Waals surface area (Å²) < 4.78 is 4.76. The van der Waals surface area contributed by atoms with Crippen molar-refractivity contribution in [2.75, 3.05) is 5.88 Å². The van der Waals surface area contributed by atoms with Gasteiger partial charge in [-0.3, -0.25) is 20.4 Å². The molecule has 0 atom stereocenters. The summed E-state index contributed by atoms with van der Waals surface area (Å²) >= 11 is 5.17. The molecule has 1 aromatic heterocycles. The van der Waals surface area contributed by atoms with Gasteiger partial charge in [0.1, 0.15) is 5.88 Å². The number of furan rings is 1. The topological polar surface area (TPSA) is 71.3 Å². The highest BCUT2D eigenvalue weighted by atomic mass is 35.5. The van der Waals surface area contributed by atoms with Crippen molar-refractivity contribution in [3.05, 3.63) is 24.2 Å². The van der Waals surface area contributed by atoms with Crippen LogP contribution in [0.15, 0.2) is 22.8 Å². The van der Waals surface area contributed by atoms with Crippen molar-refractivity contribution >= 4 is 23.4 Å². The Hall–Kier alpha value is -1.49. The smallest absolute Gasteiger partial charge is 0.305 e. The van der Waals surface area contributed by atoms with Crippen molar-refractivity contribution in [3.8, 4) is 0 Å². The Kier molecular flexibility index (Phi) is 3.33. The second-order valence-electron chi connectivity index (χ2n) is 2.11. The molecule has 6 heteroatoms. The third-order valence-corrected chi connectivity index (χ3v) is 1.42. The normalized spacial score (nSPS) is 9.31. The van der Waals surface area contributed by atoms with Crippen LogP contribution in [0.3, 0.4) is 0 Å². The summed E-state index contributed by atoms with van der Waals surface area (Å²) in [6.45, 7) is 0. The summed E-state index contributed by atoms with van der Waals surface area (Å²) in [5.41, 5.74) is 4.21. The fourth-order valence-electron chi connectivity index (χ4n) is 0.629. The SMILES string of the molecule is O=C(CCl)NNC(=O)c1ccco1. The number of amides is 2. The zero-order chi connectivity index (χ0) is 9.68. The lowest BCUT2D eigenvalue weighted by Crippen LogP contribution is -2.42. The predicted octanol–water partition coefficient (Wildman–Crippen LogP) is 0.279. The van der Waals surface area contributed by atoms with Crippen molar-refractivity contribution in [1.82, 2.24) is 10.9 Å². The van der Waals surface area contributed by atoms with Crippen LogP contribution in [0.5, 0.6) is 0 Å². The Balaban J connectivity index is 2.39. The van der Waals surface area contributed by atoms with Gasteiger partial charge < -0.3 is 4.42 Å². The number of halogens is 1. The van der Waals surface area contributed by atoms with Crippen LogP contribution in [-0.2, 0) is 4.79 Å². The Bertz CT molecular complexity index is 297. The Morgan fingerprint density at radius 1 is 1.46 bits per heavy atom. The van der Waals surface area contributed by atoms with Crippen molar-refractivity contribution in [3.63, 3.8) is 0 Å². The zero-order valence-corrected chi connectivity index (χ0v) is 7.30. The number of alkyl halides is 1. The van der Waals surface area contributed by atoms with Gasteiger partial charge in [0.25, 0.3) is 5.91 Å². The van der Waals surface area contributed by atoms with Crippen LogP contribution in [0.4, 0.5) is 0 Å². The van der Waals surface area contributed by atoms with E-state index in [9.17, 15) is 9.59 Å². The van der Waals surface area contributed by atoms with E-state index < -0.39 is 11.8 Å². The lowest BCUT2D eigenvalue weighted by Gasteiger charge is -2.02. The Labute approximate surface area is 79.0 Å². The van der Waals surface area contributed by atoms with Gasteiger partial charge in [0, 0.05) is 0 Å². The third kappa shape index (κ3) is 2.79. The van der Waals surface area contributed by atoms with Gasteiger partial charge in [0.15, 0.2) is 5.76 Å². The number of hydrogen-bond acceptors (Lipinski definition) is 3. The standard InChI is InChI=1S/C7H7ClN2O3/c8-4-6(11)9-10-7(12)5-2-1-3-13-5/h1-3H,4H2,(H,9,11)(H,10,12). The second-order valence-corrected chi connectivity index (χ2v) is 2.38. The molecule has 0 bridgehead atoms. The molecule has 1 rings (SSSR count). The molecule has 1 heterocycles.